The second-order valence-electron chi connectivity index (χ2n) is 6.22. The Hall–Kier alpha value is -1.76. The molecule has 1 aromatic rings. The Morgan fingerprint density at radius 2 is 2.13 bits per heavy atom. The molecule has 6 nitrogen and oxygen atoms in total. The maximum atomic E-state index is 11.8. The molecule has 7 heteroatoms. The molecule has 2 N–H and O–H groups in total. The second-order valence-corrected chi connectivity index (χ2v) is 8.45. The summed E-state index contributed by atoms with van der Waals surface area (Å²) in [5.41, 5.74) is 2.69. The highest BCUT2D eigenvalue weighted by Crippen LogP contribution is 2.27. The van der Waals surface area contributed by atoms with E-state index in [-0.39, 0.29) is 23.6 Å². The van der Waals surface area contributed by atoms with Crippen molar-refractivity contribution in [1.29, 1.82) is 0 Å². The van der Waals surface area contributed by atoms with Crippen LogP contribution in [0, 0.1) is 0 Å². The van der Waals surface area contributed by atoms with E-state index in [1.807, 2.05) is 0 Å². The van der Waals surface area contributed by atoms with E-state index in [0.717, 1.165) is 25.9 Å². The van der Waals surface area contributed by atoms with Crippen molar-refractivity contribution in [2.24, 2.45) is 0 Å². The summed E-state index contributed by atoms with van der Waals surface area (Å²) in [6.07, 6.45) is 2.46. The molecule has 1 fully saturated rings. The van der Waals surface area contributed by atoms with Gasteiger partial charge < -0.3 is 15.5 Å². The van der Waals surface area contributed by atoms with E-state index >= 15 is 0 Å². The average molecular weight is 337 g/mol. The summed E-state index contributed by atoms with van der Waals surface area (Å²) in [5.74, 6) is 0.233. The standard InChI is InChI=1S/C16H23N3O3S/c20-16(18-14-7-11-23(21,22)12-14)17-8-3-9-19-10-6-13-4-1-2-5-15(13)19/h1-2,4-5,14H,3,6-12H2,(H2,17,18,20)/t14-/m0/s1. The Labute approximate surface area is 137 Å². The molecular formula is C16H23N3O3S. The number of sulfone groups is 1. The molecule has 0 spiro atoms. The number of hydrogen-bond acceptors (Lipinski definition) is 4. The number of anilines is 1. The molecule has 2 heterocycles. The van der Waals surface area contributed by atoms with Gasteiger partial charge in [0.05, 0.1) is 11.5 Å². The van der Waals surface area contributed by atoms with Crippen LogP contribution in [-0.4, -0.2) is 51.6 Å². The zero-order valence-electron chi connectivity index (χ0n) is 13.1. The van der Waals surface area contributed by atoms with Crippen molar-refractivity contribution in [1.82, 2.24) is 10.6 Å². The molecule has 3 rings (SSSR count). The molecule has 0 aromatic heterocycles. The van der Waals surface area contributed by atoms with Gasteiger partial charge in [-0.2, -0.15) is 0 Å². The molecule has 2 amide bonds. The Kier molecular flexibility index (Phi) is 4.75. The third-order valence-corrected chi connectivity index (χ3v) is 6.21. The Bertz CT molecular complexity index is 675. The summed E-state index contributed by atoms with van der Waals surface area (Å²) >= 11 is 0. The first-order chi connectivity index (χ1) is 11.0. The lowest BCUT2D eigenvalue weighted by molar-refractivity contribution is 0.238. The zero-order valence-corrected chi connectivity index (χ0v) is 13.9. The van der Waals surface area contributed by atoms with Crippen LogP contribution in [-0.2, 0) is 16.3 Å². The first kappa shape index (κ1) is 16.1. The fraction of sp³-hybridized carbons (Fsp3) is 0.562. The van der Waals surface area contributed by atoms with Gasteiger partial charge in [-0.05, 0) is 30.9 Å². The fourth-order valence-electron chi connectivity index (χ4n) is 3.26. The van der Waals surface area contributed by atoms with Gasteiger partial charge in [-0.15, -0.1) is 0 Å². The molecule has 0 unspecified atom stereocenters. The van der Waals surface area contributed by atoms with Crippen LogP contribution in [0.1, 0.15) is 18.4 Å². The smallest absolute Gasteiger partial charge is 0.315 e. The summed E-state index contributed by atoms with van der Waals surface area (Å²) in [6, 6.07) is 7.91. The summed E-state index contributed by atoms with van der Waals surface area (Å²) in [7, 11) is -2.95. The van der Waals surface area contributed by atoms with E-state index in [1.165, 1.54) is 11.3 Å². The Balaban J connectivity index is 1.35. The molecule has 0 bridgehead atoms. The van der Waals surface area contributed by atoms with Crippen molar-refractivity contribution in [2.75, 3.05) is 36.0 Å². The number of fused-ring (bicyclic) bond motifs is 1. The van der Waals surface area contributed by atoms with Crippen molar-refractivity contribution in [3.8, 4) is 0 Å². The van der Waals surface area contributed by atoms with E-state index in [4.69, 9.17) is 0 Å². The van der Waals surface area contributed by atoms with Crippen LogP contribution in [0.3, 0.4) is 0 Å². The first-order valence-corrected chi connectivity index (χ1v) is 9.93. The van der Waals surface area contributed by atoms with Gasteiger partial charge in [0.1, 0.15) is 0 Å². The predicted molar refractivity (Wildman–Crippen MR) is 90.6 cm³/mol. The highest BCUT2D eigenvalue weighted by Gasteiger charge is 2.28. The normalized spacial score (nSPS) is 21.9. The molecule has 1 aromatic carbocycles. The van der Waals surface area contributed by atoms with Crippen LogP contribution in [0.5, 0.6) is 0 Å². The first-order valence-electron chi connectivity index (χ1n) is 8.11. The van der Waals surface area contributed by atoms with Gasteiger partial charge in [0, 0.05) is 31.4 Å². The molecular weight excluding hydrogens is 314 g/mol. The van der Waals surface area contributed by atoms with E-state index in [9.17, 15) is 13.2 Å². The third-order valence-electron chi connectivity index (χ3n) is 4.44. The highest BCUT2D eigenvalue weighted by molar-refractivity contribution is 7.91. The molecule has 23 heavy (non-hydrogen) atoms. The van der Waals surface area contributed by atoms with E-state index < -0.39 is 9.84 Å². The molecule has 0 saturated carbocycles. The van der Waals surface area contributed by atoms with Gasteiger partial charge in [0.25, 0.3) is 0 Å². The van der Waals surface area contributed by atoms with Gasteiger partial charge in [0.15, 0.2) is 9.84 Å². The van der Waals surface area contributed by atoms with Crippen molar-refractivity contribution in [3.63, 3.8) is 0 Å². The molecule has 2 aliphatic heterocycles. The lowest BCUT2D eigenvalue weighted by Crippen LogP contribution is -2.43. The molecule has 0 radical (unpaired) electrons. The van der Waals surface area contributed by atoms with Crippen LogP contribution < -0.4 is 15.5 Å². The third kappa shape index (κ3) is 4.16. The van der Waals surface area contributed by atoms with Crippen LogP contribution in [0.2, 0.25) is 0 Å². The minimum Gasteiger partial charge on any atom is -0.371 e. The lowest BCUT2D eigenvalue weighted by atomic mass is 10.2. The number of para-hydroxylation sites is 1. The number of hydrogen-bond donors (Lipinski definition) is 2. The number of carbonyl (C=O) groups is 1. The maximum Gasteiger partial charge on any atom is 0.315 e. The van der Waals surface area contributed by atoms with Crippen molar-refractivity contribution in [3.05, 3.63) is 29.8 Å². The number of benzene rings is 1. The fourth-order valence-corrected chi connectivity index (χ4v) is 4.93. The number of nitrogens with zero attached hydrogens (tertiary/aromatic N) is 1. The summed E-state index contributed by atoms with van der Waals surface area (Å²) in [6.45, 7) is 2.53. The van der Waals surface area contributed by atoms with Crippen LogP contribution in [0.15, 0.2) is 24.3 Å². The number of urea groups is 1. The number of nitrogens with one attached hydrogen (secondary N) is 2. The monoisotopic (exact) mass is 337 g/mol. The van der Waals surface area contributed by atoms with E-state index in [2.05, 4.69) is 39.8 Å². The second kappa shape index (κ2) is 6.78. The van der Waals surface area contributed by atoms with Gasteiger partial charge >= 0.3 is 6.03 Å². The number of carbonyl (C=O) groups excluding carboxylic acids is 1. The van der Waals surface area contributed by atoms with Crippen molar-refractivity contribution >= 4 is 21.6 Å². The average Bonchev–Trinajstić information content (AvgIpc) is 3.07. The van der Waals surface area contributed by atoms with E-state index in [1.54, 1.807) is 0 Å². The minimum absolute atomic E-state index is 0.0605. The van der Waals surface area contributed by atoms with Crippen LogP contribution in [0.4, 0.5) is 10.5 Å². The van der Waals surface area contributed by atoms with Crippen LogP contribution in [0.25, 0.3) is 0 Å². The van der Waals surface area contributed by atoms with Gasteiger partial charge in [-0.25, -0.2) is 13.2 Å². The molecule has 126 valence electrons. The molecule has 2 aliphatic rings. The van der Waals surface area contributed by atoms with Gasteiger partial charge in [-0.1, -0.05) is 18.2 Å². The number of amides is 2. The summed E-state index contributed by atoms with van der Waals surface area (Å²) < 4.78 is 22.7. The van der Waals surface area contributed by atoms with Crippen LogP contribution >= 0.6 is 0 Å². The summed E-state index contributed by atoms with van der Waals surface area (Å²) in [4.78, 5) is 14.1. The number of rotatable bonds is 5. The topological polar surface area (TPSA) is 78.5 Å². The quantitative estimate of drug-likeness (QED) is 0.784. The largest absolute Gasteiger partial charge is 0.371 e. The molecule has 0 aliphatic carbocycles. The van der Waals surface area contributed by atoms with E-state index in [0.29, 0.717) is 13.0 Å². The van der Waals surface area contributed by atoms with Crippen molar-refractivity contribution < 1.29 is 13.2 Å². The summed E-state index contributed by atoms with van der Waals surface area (Å²) in [5, 5.41) is 5.55. The predicted octanol–water partition coefficient (Wildman–Crippen LogP) is 0.925. The lowest BCUT2D eigenvalue weighted by Gasteiger charge is -2.19. The molecule has 1 saturated heterocycles. The van der Waals surface area contributed by atoms with Gasteiger partial charge in [-0.3, -0.25) is 0 Å². The van der Waals surface area contributed by atoms with Crippen molar-refractivity contribution in [2.45, 2.75) is 25.3 Å². The van der Waals surface area contributed by atoms with Gasteiger partial charge in [0.2, 0.25) is 0 Å². The Morgan fingerprint density at radius 1 is 1.30 bits per heavy atom. The highest BCUT2D eigenvalue weighted by atomic mass is 32.2. The maximum absolute atomic E-state index is 11.8. The Morgan fingerprint density at radius 3 is 2.91 bits per heavy atom. The zero-order chi connectivity index (χ0) is 16.3. The SMILES string of the molecule is O=C(NCCCN1CCc2ccccc21)N[C@H]1CCS(=O)(=O)C1. The molecule has 1 atom stereocenters. The minimum atomic E-state index is -2.95.